The molecule has 0 bridgehead atoms. The zero-order valence-electron chi connectivity index (χ0n) is 13.0. The number of allylic oxidation sites excluding steroid dienone is 1. The van der Waals surface area contributed by atoms with Crippen molar-refractivity contribution in [2.45, 2.75) is 26.0 Å². The number of nitrogens with zero attached hydrogens (tertiary/aromatic N) is 3. The van der Waals surface area contributed by atoms with Gasteiger partial charge >= 0.3 is 0 Å². The van der Waals surface area contributed by atoms with Gasteiger partial charge < -0.3 is 14.6 Å². The fourth-order valence-electron chi connectivity index (χ4n) is 2.33. The molecular formula is C16H21N3O3. The molecule has 0 atom stereocenters. The molecule has 0 aliphatic rings. The highest BCUT2D eigenvalue weighted by Crippen LogP contribution is 2.28. The van der Waals surface area contributed by atoms with E-state index in [4.69, 9.17) is 9.47 Å². The van der Waals surface area contributed by atoms with E-state index in [9.17, 15) is 5.11 Å². The third-order valence-corrected chi connectivity index (χ3v) is 3.47. The van der Waals surface area contributed by atoms with Crippen molar-refractivity contribution in [1.29, 1.82) is 0 Å². The van der Waals surface area contributed by atoms with E-state index in [0.29, 0.717) is 23.7 Å². The molecule has 0 aliphatic carbocycles. The quantitative estimate of drug-likeness (QED) is 0.753. The largest absolute Gasteiger partial charge is 0.493 e. The van der Waals surface area contributed by atoms with Gasteiger partial charge in [-0.3, -0.25) is 0 Å². The van der Waals surface area contributed by atoms with Gasteiger partial charge in [-0.15, -0.1) is 11.7 Å². The summed E-state index contributed by atoms with van der Waals surface area (Å²) in [5, 5.41) is 17.4. The minimum atomic E-state index is -0.113. The number of benzene rings is 1. The Balaban J connectivity index is 2.16. The predicted molar refractivity (Wildman–Crippen MR) is 83.1 cm³/mol. The third kappa shape index (κ3) is 3.46. The summed E-state index contributed by atoms with van der Waals surface area (Å²) in [5.74, 6) is 1.42. The summed E-state index contributed by atoms with van der Waals surface area (Å²) in [7, 11) is 3.24. The smallest absolute Gasteiger partial charge is 0.160 e. The van der Waals surface area contributed by atoms with Crippen LogP contribution in [0, 0.1) is 0 Å². The van der Waals surface area contributed by atoms with Gasteiger partial charge in [0, 0.05) is 0 Å². The zero-order chi connectivity index (χ0) is 15.9. The summed E-state index contributed by atoms with van der Waals surface area (Å²) in [6, 6.07) is 5.85. The number of hydrogen-bond donors (Lipinski definition) is 1. The van der Waals surface area contributed by atoms with Crippen molar-refractivity contribution in [3.63, 3.8) is 0 Å². The highest BCUT2D eigenvalue weighted by atomic mass is 16.5. The lowest BCUT2D eigenvalue weighted by Gasteiger charge is -2.10. The van der Waals surface area contributed by atoms with Crippen molar-refractivity contribution >= 4 is 0 Å². The van der Waals surface area contributed by atoms with Crippen LogP contribution in [0.3, 0.4) is 0 Å². The standard InChI is InChI=1S/C16H21N3O3/c1-4-9-19-14(13(11-20)17-18-19)7-5-12-6-8-15(21-2)16(10-12)22-3/h4,6,8,10,20H,1,5,7,9,11H2,2-3H3. The van der Waals surface area contributed by atoms with Gasteiger partial charge in [0.2, 0.25) is 0 Å². The van der Waals surface area contributed by atoms with E-state index < -0.39 is 0 Å². The highest BCUT2D eigenvalue weighted by molar-refractivity contribution is 5.43. The van der Waals surface area contributed by atoms with Crippen LogP contribution in [0.25, 0.3) is 0 Å². The van der Waals surface area contributed by atoms with Crippen LogP contribution in [-0.2, 0) is 26.0 Å². The van der Waals surface area contributed by atoms with Gasteiger partial charge in [0.05, 0.1) is 33.1 Å². The molecule has 0 spiro atoms. The Hall–Kier alpha value is -2.34. The Kier molecular flexibility index (Phi) is 5.55. The first kappa shape index (κ1) is 16.0. The van der Waals surface area contributed by atoms with E-state index in [1.165, 1.54) is 0 Å². The molecule has 6 heteroatoms. The molecule has 1 aromatic heterocycles. The molecule has 0 fully saturated rings. The van der Waals surface area contributed by atoms with E-state index in [0.717, 1.165) is 24.1 Å². The summed E-state index contributed by atoms with van der Waals surface area (Å²) in [4.78, 5) is 0. The molecule has 2 rings (SSSR count). The van der Waals surface area contributed by atoms with Crippen molar-refractivity contribution in [2.75, 3.05) is 14.2 Å². The number of aromatic nitrogens is 3. The zero-order valence-corrected chi connectivity index (χ0v) is 13.0. The normalized spacial score (nSPS) is 10.5. The summed E-state index contributed by atoms with van der Waals surface area (Å²) in [6.07, 6.45) is 3.28. The Morgan fingerprint density at radius 2 is 2.00 bits per heavy atom. The Morgan fingerprint density at radius 1 is 1.23 bits per heavy atom. The number of methoxy groups -OCH3 is 2. The first-order valence-corrected chi connectivity index (χ1v) is 7.07. The Morgan fingerprint density at radius 3 is 2.64 bits per heavy atom. The molecule has 0 unspecified atom stereocenters. The molecule has 1 aromatic carbocycles. The van der Waals surface area contributed by atoms with Crippen LogP contribution in [0.15, 0.2) is 30.9 Å². The SMILES string of the molecule is C=CCn1nnc(CO)c1CCc1ccc(OC)c(OC)c1. The molecule has 22 heavy (non-hydrogen) atoms. The van der Waals surface area contributed by atoms with E-state index in [2.05, 4.69) is 16.9 Å². The van der Waals surface area contributed by atoms with Gasteiger partial charge in [0.1, 0.15) is 5.69 Å². The lowest BCUT2D eigenvalue weighted by atomic mass is 10.1. The van der Waals surface area contributed by atoms with Crippen LogP contribution in [0.1, 0.15) is 17.0 Å². The second-order valence-corrected chi connectivity index (χ2v) is 4.80. The van der Waals surface area contributed by atoms with Crippen LogP contribution in [0.2, 0.25) is 0 Å². The van der Waals surface area contributed by atoms with Crippen LogP contribution in [-0.4, -0.2) is 34.3 Å². The summed E-state index contributed by atoms with van der Waals surface area (Å²) in [6.45, 7) is 4.18. The van der Waals surface area contributed by atoms with Crippen molar-refractivity contribution in [3.8, 4) is 11.5 Å². The molecule has 0 saturated heterocycles. The molecule has 0 amide bonds. The first-order valence-electron chi connectivity index (χ1n) is 7.07. The average molecular weight is 303 g/mol. The van der Waals surface area contributed by atoms with E-state index >= 15 is 0 Å². The maximum Gasteiger partial charge on any atom is 0.160 e. The van der Waals surface area contributed by atoms with Crippen molar-refractivity contribution in [3.05, 3.63) is 47.8 Å². The van der Waals surface area contributed by atoms with Crippen molar-refractivity contribution in [1.82, 2.24) is 15.0 Å². The number of aryl methyl sites for hydroxylation is 1. The van der Waals surface area contributed by atoms with Gasteiger partial charge in [-0.25, -0.2) is 4.68 Å². The predicted octanol–water partition coefficient (Wildman–Crippen LogP) is 1.76. The molecule has 0 saturated carbocycles. The molecule has 2 aromatic rings. The van der Waals surface area contributed by atoms with Crippen LogP contribution >= 0.6 is 0 Å². The van der Waals surface area contributed by atoms with Crippen LogP contribution in [0.4, 0.5) is 0 Å². The number of aliphatic hydroxyl groups is 1. The van der Waals surface area contributed by atoms with Gasteiger partial charge in [0.15, 0.2) is 11.5 Å². The first-order chi connectivity index (χ1) is 10.7. The van der Waals surface area contributed by atoms with Crippen LogP contribution < -0.4 is 9.47 Å². The average Bonchev–Trinajstić information content (AvgIpc) is 2.94. The minimum absolute atomic E-state index is 0.113. The number of aliphatic hydroxyl groups excluding tert-OH is 1. The van der Waals surface area contributed by atoms with Gasteiger partial charge in [-0.1, -0.05) is 17.4 Å². The second-order valence-electron chi connectivity index (χ2n) is 4.80. The van der Waals surface area contributed by atoms with E-state index in [-0.39, 0.29) is 6.61 Å². The molecule has 0 radical (unpaired) electrons. The molecule has 1 heterocycles. The van der Waals surface area contributed by atoms with Gasteiger partial charge in [0.25, 0.3) is 0 Å². The monoisotopic (exact) mass is 303 g/mol. The second kappa shape index (κ2) is 7.61. The fourth-order valence-corrected chi connectivity index (χ4v) is 2.33. The summed E-state index contributed by atoms with van der Waals surface area (Å²) in [5.41, 5.74) is 2.66. The molecule has 118 valence electrons. The van der Waals surface area contributed by atoms with E-state index in [1.807, 2.05) is 18.2 Å². The summed E-state index contributed by atoms with van der Waals surface area (Å²) < 4.78 is 12.3. The van der Waals surface area contributed by atoms with Gasteiger partial charge in [-0.2, -0.15) is 0 Å². The maximum atomic E-state index is 9.37. The molecule has 6 nitrogen and oxygen atoms in total. The Labute approximate surface area is 130 Å². The van der Waals surface area contributed by atoms with E-state index in [1.54, 1.807) is 25.0 Å². The maximum absolute atomic E-state index is 9.37. The number of ether oxygens (including phenoxy) is 2. The topological polar surface area (TPSA) is 69.4 Å². The molecule has 0 aliphatic heterocycles. The minimum Gasteiger partial charge on any atom is -0.493 e. The highest BCUT2D eigenvalue weighted by Gasteiger charge is 2.12. The summed E-state index contributed by atoms with van der Waals surface area (Å²) >= 11 is 0. The van der Waals surface area contributed by atoms with Crippen molar-refractivity contribution in [2.24, 2.45) is 0 Å². The fraction of sp³-hybridized carbons (Fsp3) is 0.375. The number of rotatable bonds is 8. The molecular weight excluding hydrogens is 282 g/mol. The molecule has 1 N–H and O–H groups in total. The lowest BCUT2D eigenvalue weighted by Crippen LogP contribution is -2.06. The van der Waals surface area contributed by atoms with Crippen LogP contribution in [0.5, 0.6) is 11.5 Å². The number of hydrogen-bond acceptors (Lipinski definition) is 5. The van der Waals surface area contributed by atoms with Crippen molar-refractivity contribution < 1.29 is 14.6 Å². The lowest BCUT2D eigenvalue weighted by molar-refractivity contribution is 0.275. The Bertz CT molecular complexity index is 638. The van der Waals surface area contributed by atoms with Gasteiger partial charge in [-0.05, 0) is 30.5 Å². The third-order valence-electron chi connectivity index (χ3n) is 3.47.